The predicted molar refractivity (Wildman–Crippen MR) is 213 cm³/mol. The van der Waals surface area contributed by atoms with Crippen molar-refractivity contribution in [1.29, 1.82) is 0 Å². The molecule has 4 N–H and O–H groups in total. The average Bonchev–Trinajstić information content (AvgIpc) is 3.10. The van der Waals surface area contributed by atoms with Gasteiger partial charge in [0.05, 0.1) is 22.1 Å². The summed E-state index contributed by atoms with van der Waals surface area (Å²) in [6, 6.07) is 27.3. The van der Waals surface area contributed by atoms with E-state index in [9.17, 15) is 29.8 Å². The van der Waals surface area contributed by atoms with E-state index >= 15 is 0 Å². The van der Waals surface area contributed by atoms with Crippen molar-refractivity contribution < 1.29 is 50.0 Å². The van der Waals surface area contributed by atoms with Crippen LogP contribution in [0.15, 0.2) is 97.1 Å². The molecule has 2 amide bonds. The summed E-state index contributed by atoms with van der Waals surface area (Å²) in [6.07, 6.45) is -0.0117. The molecule has 0 saturated heterocycles. The van der Waals surface area contributed by atoms with Crippen LogP contribution in [0.25, 0.3) is 0 Å². The molecule has 14 nitrogen and oxygen atoms in total. The zero-order chi connectivity index (χ0) is 38.2. The number of nitro groups is 2. The minimum absolute atomic E-state index is 0. The molecule has 0 fully saturated rings. The third-order valence-corrected chi connectivity index (χ3v) is 7.53. The van der Waals surface area contributed by atoms with E-state index < -0.39 is 15.9 Å². The number of non-ortho nitro benzene ring substituents is 2. The van der Waals surface area contributed by atoms with E-state index in [0.29, 0.717) is 31.7 Å². The zero-order valence-electron chi connectivity index (χ0n) is 31.2. The normalized spacial score (nSPS) is 10.0. The molecular formula is C40H53N6O8Pt-. The topological polar surface area (TPSA) is 197 Å². The Labute approximate surface area is 338 Å². The van der Waals surface area contributed by atoms with Gasteiger partial charge in [0.1, 0.15) is 0 Å². The largest absolute Gasteiger partial charge is 0.447 e. The number of carbonyl (C=O) groups excluding carboxylic acids is 2. The first-order valence-electron chi connectivity index (χ1n) is 16.8. The Bertz CT molecular complexity index is 1750. The Balaban J connectivity index is 0.00000102. The van der Waals surface area contributed by atoms with Crippen LogP contribution in [0.5, 0.6) is 0 Å². The molecular weight excluding hydrogens is 888 g/mol. The standard InChI is InChI=1S/C19H21N3O6.C19H25N3O2.CH4.CH3.Pt/c1-14(2)28-19(23)20(13-16-5-9-18(10-6-16)22(26)27)12-11-15-3-7-17(8-4-15)21(24)25;1-14(2)24-19(23)22(13-16-5-9-18(21)10-6-16)12-11-15-3-7-17(20)8-4-15;;;/h3-10,14H,11-13H2,1-2H3;3-10,14H,11-13,20-21H2,1-2H3;1H4;1H3;/q;;;-1;. The third-order valence-electron chi connectivity index (χ3n) is 7.53. The van der Waals surface area contributed by atoms with Crippen molar-refractivity contribution in [2.75, 3.05) is 24.6 Å². The second-order valence-corrected chi connectivity index (χ2v) is 12.5. The predicted octanol–water partition coefficient (Wildman–Crippen LogP) is 8.62. The van der Waals surface area contributed by atoms with Gasteiger partial charge in [-0.3, -0.25) is 20.2 Å². The summed E-state index contributed by atoms with van der Waals surface area (Å²) >= 11 is 0. The molecule has 0 aliphatic heterocycles. The second-order valence-electron chi connectivity index (χ2n) is 12.5. The van der Waals surface area contributed by atoms with Gasteiger partial charge in [0.15, 0.2) is 0 Å². The molecule has 0 aliphatic carbocycles. The van der Waals surface area contributed by atoms with Crippen molar-refractivity contribution >= 4 is 34.9 Å². The fraction of sp³-hybridized carbons (Fsp3) is 0.325. The van der Waals surface area contributed by atoms with Gasteiger partial charge < -0.3 is 38.2 Å². The summed E-state index contributed by atoms with van der Waals surface area (Å²) in [4.78, 5) is 48.5. The Hall–Kier alpha value is -5.49. The first-order valence-corrected chi connectivity index (χ1v) is 16.8. The number of benzene rings is 4. The van der Waals surface area contributed by atoms with Gasteiger partial charge >= 0.3 is 12.2 Å². The van der Waals surface area contributed by atoms with E-state index in [0.717, 1.165) is 34.4 Å². The molecule has 4 aromatic rings. The van der Waals surface area contributed by atoms with Crippen LogP contribution in [-0.4, -0.2) is 57.1 Å². The number of nitrogens with two attached hydrogens (primary N) is 2. The Morgan fingerprint density at radius 1 is 0.582 bits per heavy atom. The molecule has 302 valence electrons. The minimum Gasteiger partial charge on any atom is -0.447 e. The van der Waals surface area contributed by atoms with Gasteiger partial charge in [0.2, 0.25) is 0 Å². The van der Waals surface area contributed by atoms with Crippen LogP contribution in [0.2, 0.25) is 0 Å². The van der Waals surface area contributed by atoms with Crippen LogP contribution in [0.1, 0.15) is 57.4 Å². The maximum atomic E-state index is 12.4. The number of ether oxygens (including phenoxy) is 2. The van der Waals surface area contributed by atoms with Crippen molar-refractivity contribution in [3.63, 3.8) is 0 Å². The van der Waals surface area contributed by atoms with Crippen molar-refractivity contribution in [3.05, 3.63) is 147 Å². The van der Waals surface area contributed by atoms with Gasteiger partial charge in [-0.25, -0.2) is 9.59 Å². The molecule has 0 aromatic heterocycles. The van der Waals surface area contributed by atoms with E-state index in [4.69, 9.17) is 20.9 Å². The van der Waals surface area contributed by atoms with Crippen LogP contribution >= 0.6 is 0 Å². The summed E-state index contributed by atoms with van der Waals surface area (Å²) in [5, 5.41) is 21.5. The first kappa shape index (κ1) is 49.5. The molecule has 0 heterocycles. The van der Waals surface area contributed by atoms with E-state index in [1.807, 2.05) is 62.4 Å². The van der Waals surface area contributed by atoms with Gasteiger partial charge in [-0.15, -0.1) is 0 Å². The molecule has 0 aliphatic rings. The molecule has 0 spiro atoms. The summed E-state index contributed by atoms with van der Waals surface area (Å²) in [7, 11) is 0. The van der Waals surface area contributed by atoms with Gasteiger partial charge in [-0.2, -0.15) is 0 Å². The number of nitro benzene ring substituents is 2. The van der Waals surface area contributed by atoms with Crippen LogP contribution < -0.4 is 11.5 Å². The van der Waals surface area contributed by atoms with Gasteiger partial charge in [-0.05, 0) is 87.1 Å². The fourth-order valence-corrected chi connectivity index (χ4v) is 4.81. The van der Waals surface area contributed by atoms with Crippen molar-refractivity contribution in [2.24, 2.45) is 0 Å². The Morgan fingerprint density at radius 2 is 0.855 bits per heavy atom. The fourth-order valence-electron chi connectivity index (χ4n) is 4.81. The van der Waals surface area contributed by atoms with Crippen molar-refractivity contribution in [1.82, 2.24) is 9.80 Å². The summed E-state index contributed by atoms with van der Waals surface area (Å²) in [5.41, 5.74) is 16.6. The number of nitrogen functional groups attached to an aromatic ring is 2. The maximum absolute atomic E-state index is 12.4. The van der Waals surface area contributed by atoms with Crippen LogP contribution in [0.4, 0.5) is 32.3 Å². The number of amides is 2. The van der Waals surface area contributed by atoms with E-state index in [2.05, 4.69) is 0 Å². The van der Waals surface area contributed by atoms with Crippen LogP contribution in [-0.2, 0) is 56.5 Å². The molecule has 0 atom stereocenters. The molecule has 55 heavy (non-hydrogen) atoms. The summed E-state index contributed by atoms with van der Waals surface area (Å²) in [6.45, 7) is 8.81. The quantitative estimate of drug-likeness (QED) is 0.0534. The van der Waals surface area contributed by atoms with Gasteiger partial charge in [-0.1, -0.05) is 56.0 Å². The molecule has 0 unspecified atom stereocenters. The number of carbonyl (C=O) groups is 2. The van der Waals surface area contributed by atoms with Gasteiger partial charge in [0, 0.05) is 82.9 Å². The molecule has 0 radical (unpaired) electrons. The van der Waals surface area contributed by atoms with E-state index in [-0.39, 0.29) is 72.1 Å². The number of nitrogens with zero attached hydrogens (tertiary/aromatic N) is 4. The Morgan fingerprint density at radius 3 is 1.15 bits per heavy atom. The number of anilines is 2. The number of hydrogen-bond acceptors (Lipinski definition) is 10. The Kier molecular flexibility index (Phi) is 22.3. The molecule has 0 bridgehead atoms. The molecule has 0 saturated carbocycles. The van der Waals surface area contributed by atoms with E-state index in [1.54, 1.807) is 43.0 Å². The van der Waals surface area contributed by atoms with Crippen molar-refractivity contribution in [2.45, 2.75) is 73.3 Å². The number of hydrogen-bond donors (Lipinski definition) is 2. The molecule has 4 rings (SSSR count). The molecule has 4 aromatic carbocycles. The van der Waals surface area contributed by atoms with Crippen LogP contribution in [0, 0.1) is 27.7 Å². The third kappa shape index (κ3) is 17.9. The smallest absolute Gasteiger partial charge is 0.410 e. The van der Waals surface area contributed by atoms with Gasteiger partial charge in [0.25, 0.3) is 11.4 Å². The second kappa shape index (κ2) is 24.8. The number of rotatable bonds is 14. The molecule has 15 heteroatoms. The van der Waals surface area contributed by atoms with Crippen molar-refractivity contribution in [3.8, 4) is 0 Å². The van der Waals surface area contributed by atoms with Crippen LogP contribution in [0.3, 0.4) is 0 Å². The summed E-state index contributed by atoms with van der Waals surface area (Å²) in [5.74, 6) is 0. The zero-order valence-corrected chi connectivity index (χ0v) is 33.4. The monoisotopic (exact) mass is 940 g/mol. The summed E-state index contributed by atoms with van der Waals surface area (Å²) < 4.78 is 10.6. The maximum Gasteiger partial charge on any atom is 0.410 e. The minimum atomic E-state index is -0.490. The van der Waals surface area contributed by atoms with E-state index in [1.165, 1.54) is 29.2 Å². The SMILES string of the molecule is C.CC(C)OC(=O)N(CCc1ccc(N)cc1)Cc1ccc(N)cc1.CC(C)OC(=O)N(CCc1ccc([N+](=O)[O-])cc1)Cc1ccc([N+](=O)[O-])cc1.[CH3-].[Pt]. The average molecular weight is 941 g/mol. The first-order chi connectivity index (χ1) is 24.7.